The van der Waals surface area contributed by atoms with Crippen LogP contribution in [0.5, 0.6) is 0 Å². The number of benzene rings is 1. The van der Waals surface area contributed by atoms with Gasteiger partial charge in [-0.3, -0.25) is 14.9 Å². The molecule has 0 heterocycles. The third-order valence-electron chi connectivity index (χ3n) is 3.65. The Bertz CT molecular complexity index is 782. The highest BCUT2D eigenvalue weighted by molar-refractivity contribution is 5.93. The maximum absolute atomic E-state index is 14.3. The van der Waals surface area contributed by atoms with Gasteiger partial charge in [0.1, 0.15) is 11.2 Å². The third-order valence-corrected chi connectivity index (χ3v) is 3.65. The van der Waals surface area contributed by atoms with Crippen LogP contribution in [-0.2, 0) is 15.0 Å². The Balaban J connectivity index is 2.65. The molecule has 1 aliphatic carbocycles. The number of nitro groups is 1. The second-order valence-electron chi connectivity index (χ2n) is 5.24. The number of rotatable bonds is 4. The number of allylic oxidation sites excluding steroid dienone is 2. The van der Waals surface area contributed by atoms with Crippen molar-refractivity contribution in [3.8, 4) is 0 Å². The van der Waals surface area contributed by atoms with Gasteiger partial charge in [-0.15, -0.1) is 0 Å². The fourth-order valence-electron chi connectivity index (χ4n) is 2.65. The molecule has 1 atom stereocenters. The first kappa shape index (κ1) is 16.3. The smallest absolute Gasteiger partial charge is 0.331 e. The lowest BCUT2D eigenvalue weighted by Gasteiger charge is -2.30. The molecule has 0 radical (unpaired) electrons. The molecule has 1 aromatic carbocycles. The molecular formula is C15H12FNO6. The number of nitro benzene ring substituents is 1. The number of nitrogens with zero attached hydrogens (tertiary/aromatic N) is 1. The highest BCUT2D eigenvalue weighted by Crippen LogP contribution is 2.40. The number of non-ortho nitro benzene ring substituents is 1. The first-order valence-electron chi connectivity index (χ1n) is 6.48. The standard InChI is InChI=1S/C15H12FNO6/c1-8-4-9(13(18)19)7-15(6-8,14(20)21)11-3-2-10(17(22)23)5-12(11)16/h2-6H,7H2,1H3,(H,18,19)(H,20,21). The van der Waals surface area contributed by atoms with Crippen molar-refractivity contribution in [2.75, 3.05) is 0 Å². The van der Waals surface area contributed by atoms with Crippen molar-refractivity contribution >= 4 is 17.6 Å². The predicted octanol–water partition coefficient (Wildman–Crippen LogP) is 2.42. The lowest BCUT2D eigenvalue weighted by molar-refractivity contribution is -0.385. The van der Waals surface area contributed by atoms with Crippen molar-refractivity contribution in [3.63, 3.8) is 0 Å². The van der Waals surface area contributed by atoms with E-state index in [1.54, 1.807) is 0 Å². The zero-order valence-electron chi connectivity index (χ0n) is 11.9. The van der Waals surface area contributed by atoms with Crippen molar-refractivity contribution in [1.29, 1.82) is 0 Å². The summed E-state index contributed by atoms with van der Waals surface area (Å²) in [7, 11) is 0. The minimum absolute atomic E-state index is 0.176. The molecule has 1 aliphatic rings. The molecule has 1 aromatic rings. The molecule has 8 heteroatoms. The number of halogens is 1. The minimum atomic E-state index is -1.92. The van der Waals surface area contributed by atoms with Gasteiger partial charge in [-0.25, -0.2) is 9.18 Å². The summed E-state index contributed by atoms with van der Waals surface area (Å²) in [6.45, 7) is 1.50. The molecule has 0 fully saturated rings. The van der Waals surface area contributed by atoms with Crippen LogP contribution in [0.2, 0.25) is 0 Å². The predicted molar refractivity (Wildman–Crippen MR) is 76.5 cm³/mol. The molecule has 0 aliphatic heterocycles. The van der Waals surface area contributed by atoms with Crippen LogP contribution < -0.4 is 0 Å². The average molecular weight is 321 g/mol. The van der Waals surface area contributed by atoms with Crippen LogP contribution in [0.4, 0.5) is 10.1 Å². The third kappa shape index (κ3) is 2.83. The Kier molecular flexibility index (Phi) is 4.00. The van der Waals surface area contributed by atoms with E-state index in [9.17, 15) is 29.2 Å². The van der Waals surface area contributed by atoms with Gasteiger partial charge in [-0.05, 0) is 19.1 Å². The van der Waals surface area contributed by atoms with E-state index in [1.165, 1.54) is 19.1 Å². The van der Waals surface area contributed by atoms with Crippen LogP contribution in [-0.4, -0.2) is 27.1 Å². The summed E-state index contributed by atoms with van der Waals surface area (Å²) in [4.78, 5) is 32.9. The van der Waals surface area contributed by atoms with Gasteiger partial charge in [0.25, 0.3) is 5.69 Å². The number of carboxylic acids is 2. The molecule has 2 N–H and O–H groups in total. The van der Waals surface area contributed by atoms with Gasteiger partial charge in [0, 0.05) is 23.6 Å². The van der Waals surface area contributed by atoms with Crippen LogP contribution in [0.15, 0.2) is 41.5 Å². The van der Waals surface area contributed by atoms with E-state index in [2.05, 4.69) is 0 Å². The first-order valence-corrected chi connectivity index (χ1v) is 6.48. The molecule has 2 rings (SSSR count). The summed E-state index contributed by atoms with van der Waals surface area (Å²) in [5.41, 5.74) is -2.58. The molecule has 120 valence electrons. The van der Waals surface area contributed by atoms with E-state index >= 15 is 0 Å². The highest BCUT2D eigenvalue weighted by atomic mass is 19.1. The van der Waals surface area contributed by atoms with E-state index in [0.29, 0.717) is 11.6 Å². The lowest BCUT2D eigenvalue weighted by Crippen LogP contribution is -2.38. The summed E-state index contributed by atoms with van der Waals surface area (Å²) in [6, 6.07) is 2.63. The Morgan fingerprint density at radius 2 is 2.00 bits per heavy atom. The van der Waals surface area contributed by atoms with Crippen LogP contribution in [0.1, 0.15) is 18.9 Å². The van der Waals surface area contributed by atoms with Gasteiger partial charge in [-0.2, -0.15) is 0 Å². The van der Waals surface area contributed by atoms with Gasteiger partial charge < -0.3 is 10.2 Å². The SMILES string of the molecule is CC1=CC(C(=O)O)(c2ccc([N+](=O)[O-])cc2F)CC(C(=O)O)=C1. The molecule has 0 spiro atoms. The van der Waals surface area contributed by atoms with Crippen molar-refractivity contribution in [3.05, 3.63) is 63.0 Å². The maximum atomic E-state index is 14.3. The number of hydrogen-bond donors (Lipinski definition) is 2. The van der Waals surface area contributed by atoms with E-state index in [-0.39, 0.29) is 11.1 Å². The zero-order chi connectivity index (χ0) is 17.4. The molecular weight excluding hydrogens is 309 g/mol. The fourth-order valence-corrected chi connectivity index (χ4v) is 2.65. The maximum Gasteiger partial charge on any atom is 0.331 e. The van der Waals surface area contributed by atoms with E-state index in [1.807, 2.05) is 0 Å². The number of carboxylic acid groups (broad SMARTS) is 2. The number of hydrogen-bond acceptors (Lipinski definition) is 4. The molecule has 1 unspecified atom stereocenters. The summed E-state index contributed by atoms with van der Waals surface area (Å²) in [5, 5.41) is 29.4. The Morgan fingerprint density at radius 1 is 1.35 bits per heavy atom. The molecule has 7 nitrogen and oxygen atoms in total. The minimum Gasteiger partial charge on any atom is -0.480 e. The Morgan fingerprint density at radius 3 is 2.48 bits per heavy atom. The normalized spacial score (nSPS) is 20.4. The number of aliphatic carboxylic acids is 2. The summed E-state index contributed by atoms with van der Waals surface area (Å²) in [6.07, 6.45) is 2.11. The van der Waals surface area contributed by atoms with Gasteiger partial charge in [0.05, 0.1) is 11.0 Å². The molecule has 0 saturated heterocycles. The van der Waals surface area contributed by atoms with Crippen LogP contribution in [0.3, 0.4) is 0 Å². The molecule has 23 heavy (non-hydrogen) atoms. The first-order chi connectivity index (χ1) is 10.7. The van der Waals surface area contributed by atoms with Crippen LogP contribution in [0, 0.1) is 15.9 Å². The van der Waals surface area contributed by atoms with Gasteiger partial charge in [-0.1, -0.05) is 11.6 Å². The van der Waals surface area contributed by atoms with Crippen LogP contribution in [0.25, 0.3) is 0 Å². The second kappa shape index (κ2) is 5.64. The molecule has 0 saturated carbocycles. The summed E-state index contributed by atoms with van der Waals surface area (Å²) >= 11 is 0. The largest absolute Gasteiger partial charge is 0.480 e. The summed E-state index contributed by atoms with van der Waals surface area (Å²) in [5.74, 6) is -3.81. The molecule has 0 bridgehead atoms. The Labute approximate surface area is 129 Å². The van der Waals surface area contributed by atoms with E-state index in [4.69, 9.17) is 5.11 Å². The second-order valence-corrected chi connectivity index (χ2v) is 5.24. The summed E-state index contributed by atoms with van der Waals surface area (Å²) < 4.78 is 14.3. The fraction of sp³-hybridized carbons (Fsp3) is 0.200. The Hall–Kier alpha value is -3.03. The number of carbonyl (C=O) groups is 2. The lowest BCUT2D eigenvalue weighted by atomic mass is 9.71. The van der Waals surface area contributed by atoms with Crippen molar-refractivity contribution in [1.82, 2.24) is 0 Å². The topological polar surface area (TPSA) is 118 Å². The van der Waals surface area contributed by atoms with Gasteiger partial charge >= 0.3 is 11.9 Å². The average Bonchev–Trinajstić information content (AvgIpc) is 2.45. The quantitative estimate of drug-likeness (QED) is 0.649. The zero-order valence-corrected chi connectivity index (χ0v) is 11.9. The van der Waals surface area contributed by atoms with Gasteiger partial charge in [0.15, 0.2) is 0 Å². The molecule has 0 aromatic heterocycles. The van der Waals surface area contributed by atoms with Gasteiger partial charge in [0.2, 0.25) is 0 Å². The van der Waals surface area contributed by atoms with Crippen LogP contribution >= 0.6 is 0 Å². The van der Waals surface area contributed by atoms with Crippen molar-refractivity contribution in [2.45, 2.75) is 18.8 Å². The monoisotopic (exact) mass is 321 g/mol. The van der Waals surface area contributed by atoms with E-state index in [0.717, 1.165) is 12.1 Å². The van der Waals surface area contributed by atoms with Crippen molar-refractivity contribution < 1.29 is 29.1 Å². The highest BCUT2D eigenvalue weighted by Gasteiger charge is 2.44. The van der Waals surface area contributed by atoms with Crippen molar-refractivity contribution in [2.24, 2.45) is 0 Å². The molecule has 0 amide bonds. The van der Waals surface area contributed by atoms with E-state index < -0.39 is 40.2 Å².